The number of rotatable bonds is 21. The number of aliphatic hydroxyl groups excluding tert-OH is 1. The summed E-state index contributed by atoms with van der Waals surface area (Å²) in [5.41, 5.74) is 2.02. The number of sulfonamides is 1. The summed E-state index contributed by atoms with van der Waals surface area (Å²) in [7, 11) is -4.08. The molecule has 0 aliphatic carbocycles. The molecule has 0 bridgehead atoms. The smallest absolute Gasteiger partial charge is 0.324 e. The van der Waals surface area contributed by atoms with Crippen molar-refractivity contribution in [2.45, 2.75) is 76.7 Å². The highest BCUT2D eigenvalue weighted by molar-refractivity contribution is 7.89. The molecule has 1 heterocycles. The summed E-state index contributed by atoms with van der Waals surface area (Å²) in [6.45, 7) is 7.18. The van der Waals surface area contributed by atoms with Crippen LogP contribution in [0.1, 0.15) is 50.8 Å². The van der Waals surface area contributed by atoms with Crippen molar-refractivity contribution in [2.75, 3.05) is 19.6 Å². The van der Waals surface area contributed by atoms with Gasteiger partial charge in [0.1, 0.15) is 12.6 Å². The van der Waals surface area contributed by atoms with Gasteiger partial charge >= 0.3 is 5.00 Å². The number of nitrogens with zero attached hydrogens (tertiary/aromatic N) is 3. The minimum atomic E-state index is -4.08. The van der Waals surface area contributed by atoms with E-state index in [9.17, 15) is 38.1 Å². The second-order valence-corrected chi connectivity index (χ2v) is 15.4. The Balaban J connectivity index is 1.79. The molecule has 0 saturated heterocycles. The van der Waals surface area contributed by atoms with Crippen molar-refractivity contribution in [3.8, 4) is 0 Å². The number of thiophene rings is 1. The molecule has 3 rings (SSSR count). The van der Waals surface area contributed by atoms with Crippen molar-refractivity contribution in [1.82, 2.24) is 20.3 Å². The maximum atomic E-state index is 13.8. The molecule has 2 aromatic carbocycles. The van der Waals surface area contributed by atoms with Gasteiger partial charge in [-0.15, -0.1) is 0 Å². The molecular weight excluding hydrogens is 685 g/mol. The molecule has 272 valence electrons. The third kappa shape index (κ3) is 12.1. The zero-order valence-electron chi connectivity index (χ0n) is 28.7. The summed E-state index contributed by atoms with van der Waals surface area (Å²) < 4.78 is 28.8. The maximum absolute atomic E-state index is 13.8. The van der Waals surface area contributed by atoms with Crippen molar-refractivity contribution < 1.29 is 28.0 Å². The molecule has 50 heavy (non-hydrogen) atoms. The van der Waals surface area contributed by atoms with E-state index in [1.165, 1.54) is 34.6 Å². The number of hydrogen-bond donors (Lipinski definition) is 4. The van der Waals surface area contributed by atoms with Crippen LogP contribution in [-0.4, -0.2) is 72.4 Å². The number of nitro groups is 1. The lowest BCUT2D eigenvalue weighted by molar-refractivity contribution is -0.380. The molecule has 4 N–H and O–H groups in total. The topological polar surface area (TPSA) is 200 Å². The van der Waals surface area contributed by atoms with Gasteiger partial charge in [0.2, 0.25) is 21.8 Å². The lowest BCUT2D eigenvalue weighted by Crippen LogP contribution is -2.57. The lowest BCUT2D eigenvalue weighted by atomic mass is 9.96. The predicted octanol–water partition coefficient (Wildman–Crippen LogP) is 3.98. The van der Waals surface area contributed by atoms with Crippen LogP contribution in [0, 0.1) is 26.9 Å². The van der Waals surface area contributed by atoms with E-state index >= 15 is 0 Å². The highest BCUT2D eigenvalue weighted by atomic mass is 32.2. The standard InChI is InChI=1S/C34H46N6O8S2/c1-5-24(4)33(38-31(42)19-35-17-27-16-32(40(45)46)49-22-27)34(43)37-29(15-25-9-7-6-8-10-25)30(41)21-39(20-23(2)3)50(47,48)28-13-11-26(12-14-28)18-36-44/h6-14,16,22-24,29-30,33,35,41H,5,15,17-21H2,1-4H3,(H,37,43)(H,38,42)/t24-,29-,30+,33-/m0/s1. The predicted molar refractivity (Wildman–Crippen MR) is 192 cm³/mol. The second-order valence-electron chi connectivity index (χ2n) is 12.6. The van der Waals surface area contributed by atoms with Crippen molar-refractivity contribution in [2.24, 2.45) is 17.0 Å². The van der Waals surface area contributed by atoms with Crippen molar-refractivity contribution >= 4 is 38.2 Å². The van der Waals surface area contributed by atoms with Crippen LogP contribution in [0.4, 0.5) is 5.00 Å². The van der Waals surface area contributed by atoms with Crippen LogP contribution in [-0.2, 0) is 39.1 Å². The fourth-order valence-corrected chi connectivity index (χ4v) is 7.58. The van der Waals surface area contributed by atoms with Gasteiger partial charge in [-0.2, -0.15) is 9.21 Å². The Labute approximate surface area is 296 Å². The SMILES string of the molecule is CC[C@H](C)[C@H](NC(=O)CNCc1csc([N+](=O)[O-])c1)C(=O)N[C@@H](Cc1ccccc1)[C@H](O)CN(CC(C)C)S(=O)(=O)c1ccc(CN=O)cc1. The first-order valence-electron chi connectivity index (χ1n) is 16.4. The molecular formula is C34H46N6O8S2. The Morgan fingerprint density at radius 2 is 1.68 bits per heavy atom. The Morgan fingerprint density at radius 3 is 2.26 bits per heavy atom. The quantitative estimate of drug-likeness (QED) is 0.0711. The van der Waals surface area contributed by atoms with E-state index in [2.05, 4.69) is 21.1 Å². The zero-order chi connectivity index (χ0) is 36.8. The molecule has 0 aliphatic heterocycles. The number of amides is 2. The number of aliphatic hydroxyl groups is 1. The molecule has 0 spiro atoms. The summed E-state index contributed by atoms with van der Waals surface area (Å²) in [6.07, 6.45) is -0.597. The van der Waals surface area contributed by atoms with Gasteiger partial charge in [-0.25, -0.2) is 8.42 Å². The number of carbonyl (C=O) groups excluding carboxylic acids is 2. The Morgan fingerprint density at radius 1 is 1.00 bits per heavy atom. The summed E-state index contributed by atoms with van der Waals surface area (Å²) in [6, 6.07) is 14.5. The van der Waals surface area contributed by atoms with Crippen molar-refractivity contribution in [3.63, 3.8) is 0 Å². The van der Waals surface area contributed by atoms with E-state index in [1.54, 1.807) is 5.38 Å². The Bertz CT molecular complexity index is 1670. The van der Waals surface area contributed by atoms with E-state index in [4.69, 9.17) is 0 Å². The zero-order valence-corrected chi connectivity index (χ0v) is 30.3. The van der Waals surface area contributed by atoms with Gasteiger partial charge in [0.25, 0.3) is 0 Å². The molecule has 0 unspecified atom stereocenters. The second kappa shape index (κ2) is 19.3. The highest BCUT2D eigenvalue weighted by Crippen LogP contribution is 2.23. The maximum Gasteiger partial charge on any atom is 0.324 e. The van der Waals surface area contributed by atoms with E-state index in [0.717, 1.165) is 16.9 Å². The van der Waals surface area contributed by atoms with E-state index in [1.807, 2.05) is 58.0 Å². The number of nitrogens with one attached hydrogen (secondary N) is 3. The average Bonchev–Trinajstić information content (AvgIpc) is 3.56. The largest absolute Gasteiger partial charge is 0.390 e. The van der Waals surface area contributed by atoms with Gasteiger partial charge in [0.15, 0.2) is 0 Å². The molecule has 16 heteroatoms. The fraction of sp³-hybridized carbons (Fsp3) is 0.471. The number of benzene rings is 2. The first-order chi connectivity index (χ1) is 23.7. The highest BCUT2D eigenvalue weighted by Gasteiger charge is 2.34. The Kier molecular flexibility index (Phi) is 15.6. The number of hydrogen-bond acceptors (Lipinski definition) is 11. The Hall–Kier alpha value is -4.09. The molecule has 3 aromatic rings. The van der Waals surface area contributed by atoms with E-state index in [-0.39, 0.29) is 60.9 Å². The first-order valence-corrected chi connectivity index (χ1v) is 18.7. The van der Waals surface area contributed by atoms with Crippen LogP contribution < -0.4 is 16.0 Å². The van der Waals surface area contributed by atoms with Gasteiger partial charge in [0, 0.05) is 31.1 Å². The molecule has 1 aromatic heterocycles. The number of nitroso groups, excluding NO2 is 1. The third-order valence-corrected chi connectivity index (χ3v) is 10.9. The van der Waals surface area contributed by atoms with Crippen molar-refractivity contribution in [3.05, 3.63) is 97.8 Å². The average molecular weight is 731 g/mol. The van der Waals surface area contributed by atoms with Gasteiger partial charge in [0.05, 0.1) is 28.5 Å². The van der Waals surface area contributed by atoms with Crippen LogP contribution in [0.25, 0.3) is 0 Å². The monoisotopic (exact) mass is 730 g/mol. The molecule has 0 fully saturated rings. The lowest BCUT2D eigenvalue weighted by Gasteiger charge is -2.32. The third-order valence-electron chi connectivity index (χ3n) is 8.10. The van der Waals surface area contributed by atoms with Crippen LogP contribution in [0.5, 0.6) is 0 Å². The molecule has 0 radical (unpaired) electrons. The van der Waals surface area contributed by atoms with E-state index in [0.29, 0.717) is 17.5 Å². The molecule has 2 amide bonds. The van der Waals surface area contributed by atoms with Gasteiger partial charge in [-0.1, -0.05) is 93.1 Å². The van der Waals surface area contributed by atoms with Crippen LogP contribution in [0.2, 0.25) is 0 Å². The van der Waals surface area contributed by atoms with Crippen LogP contribution in [0.15, 0.2) is 76.1 Å². The summed E-state index contributed by atoms with van der Waals surface area (Å²) in [5, 5.41) is 35.7. The molecule has 14 nitrogen and oxygen atoms in total. The summed E-state index contributed by atoms with van der Waals surface area (Å²) in [4.78, 5) is 47.9. The number of carbonyl (C=O) groups is 2. The minimum absolute atomic E-state index is 0.000521. The van der Waals surface area contributed by atoms with E-state index < -0.39 is 44.9 Å². The van der Waals surface area contributed by atoms with Gasteiger partial charge in [-0.3, -0.25) is 19.7 Å². The minimum Gasteiger partial charge on any atom is -0.390 e. The van der Waals surface area contributed by atoms with Crippen molar-refractivity contribution in [1.29, 1.82) is 0 Å². The summed E-state index contributed by atoms with van der Waals surface area (Å²) >= 11 is 0.993. The normalized spacial score (nSPS) is 14.1. The van der Waals surface area contributed by atoms with Crippen LogP contribution in [0.3, 0.4) is 0 Å². The molecule has 0 aliphatic rings. The molecule has 4 atom stereocenters. The van der Waals surface area contributed by atoms with Gasteiger partial charge < -0.3 is 21.1 Å². The first kappa shape index (κ1) is 40.3. The van der Waals surface area contributed by atoms with Gasteiger partial charge in [-0.05, 0) is 47.1 Å². The fourth-order valence-electron chi connectivity index (χ4n) is 5.23. The van der Waals surface area contributed by atoms with Crippen LogP contribution >= 0.6 is 11.3 Å². The molecule has 0 saturated carbocycles. The summed E-state index contributed by atoms with van der Waals surface area (Å²) in [5.74, 6) is -1.37.